The van der Waals surface area contributed by atoms with Gasteiger partial charge in [-0.2, -0.15) is 0 Å². The Bertz CT molecular complexity index is 139. The van der Waals surface area contributed by atoms with Crippen LogP contribution in [0, 0.1) is 0 Å². The number of hydrogen-bond donors (Lipinski definition) is 1. The van der Waals surface area contributed by atoms with Crippen LogP contribution in [0.3, 0.4) is 0 Å². The first-order chi connectivity index (χ1) is 6.26. The van der Waals surface area contributed by atoms with Crippen LogP contribution in [0.4, 0.5) is 0 Å². The molecule has 0 aromatic heterocycles. The van der Waals surface area contributed by atoms with E-state index < -0.39 is 0 Å². The van der Waals surface area contributed by atoms with Crippen LogP contribution >= 0.6 is 0 Å². The Morgan fingerprint density at radius 2 is 2.15 bits per heavy atom. The Morgan fingerprint density at radius 1 is 1.46 bits per heavy atom. The van der Waals surface area contributed by atoms with E-state index >= 15 is 0 Å². The van der Waals surface area contributed by atoms with Crippen LogP contribution in [0.15, 0.2) is 0 Å². The van der Waals surface area contributed by atoms with Gasteiger partial charge in [-0.05, 0) is 19.9 Å². The fourth-order valence-electron chi connectivity index (χ4n) is 0.970. The Morgan fingerprint density at radius 3 is 2.62 bits per heavy atom. The van der Waals surface area contributed by atoms with E-state index in [4.69, 9.17) is 4.74 Å². The summed E-state index contributed by atoms with van der Waals surface area (Å²) in [7, 11) is 3.13. The lowest BCUT2D eigenvalue weighted by molar-refractivity contribution is -0.143. The van der Waals surface area contributed by atoms with E-state index in [0.717, 1.165) is 13.0 Å². The zero-order valence-electron chi connectivity index (χ0n) is 8.63. The summed E-state index contributed by atoms with van der Waals surface area (Å²) in [6.45, 7) is 3.39. The monoisotopic (exact) mass is 189 g/mol. The number of nitrogens with one attached hydrogen (secondary N) is 1. The normalized spacial score (nSPS) is 12.5. The highest BCUT2D eigenvalue weighted by molar-refractivity contribution is 5.75. The minimum Gasteiger partial charge on any atom is -0.468 e. The highest BCUT2D eigenvalue weighted by Crippen LogP contribution is 1.95. The summed E-state index contributed by atoms with van der Waals surface area (Å²) >= 11 is 0. The van der Waals surface area contributed by atoms with Crippen LogP contribution in [0.1, 0.15) is 19.8 Å². The van der Waals surface area contributed by atoms with Crippen molar-refractivity contribution >= 4 is 5.97 Å². The molecule has 78 valence electrons. The number of likely N-dealkylation sites (N-methyl/N-ethyl adjacent to an activating group) is 1. The fourth-order valence-corrected chi connectivity index (χ4v) is 0.970. The minimum absolute atomic E-state index is 0.234. The van der Waals surface area contributed by atoms with Gasteiger partial charge in [0, 0.05) is 13.2 Å². The van der Waals surface area contributed by atoms with Crippen molar-refractivity contribution in [2.24, 2.45) is 0 Å². The van der Waals surface area contributed by atoms with Crippen LogP contribution in [0.2, 0.25) is 0 Å². The molecule has 0 aliphatic rings. The maximum absolute atomic E-state index is 11.1. The molecule has 0 amide bonds. The van der Waals surface area contributed by atoms with E-state index in [0.29, 0.717) is 13.0 Å². The molecule has 13 heavy (non-hydrogen) atoms. The van der Waals surface area contributed by atoms with Crippen molar-refractivity contribution in [1.29, 1.82) is 0 Å². The van der Waals surface area contributed by atoms with Crippen molar-refractivity contribution in [3.63, 3.8) is 0 Å². The zero-order chi connectivity index (χ0) is 10.1. The number of esters is 1. The van der Waals surface area contributed by atoms with Gasteiger partial charge in [-0.15, -0.1) is 0 Å². The molecule has 0 radical (unpaired) electrons. The molecule has 0 spiro atoms. The predicted octanol–water partition coefficient (Wildman–Crippen LogP) is 0.564. The third-order valence-electron chi connectivity index (χ3n) is 1.73. The summed E-state index contributed by atoms with van der Waals surface area (Å²) in [6.07, 6.45) is 1.66. The SMILES string of the molecule is CCCOCCC(NC)C(=O)OC. The molecule has 0 fully saturated rings. The largest absolute Gasteiger partial charge is 0.468 e. The molecule has 0 heterocycles. The number of hydrogen-bond acceptors (Lipinski definition) is 4. The molecule has 1 unspecified atom stereocenters. The second-order valence-electron chi connectivity index (χ2n) is 2.77. The molecule has 4 heteroatoms. The molecule has 0 aromatic carbocycles. The summed E-state index contributed by atoms with van der Waals surface area (Å²) in [4.78, 5) is 11.1. The molecule has 1 atom stereocenters. The molecule has 0 aromatic rings. The molecule has 4 nitrogen and oxygen atoms in total. The van der Waals surface area contributed by atoms with Crippen molar-refractivity contribution in [3.8, 4) is 0 Å². The second kappa shape index (κ2) is 8.01. The maximum Gasteiger partial charge on any atom is 0.322 e. The van der Waals surface area contributed by atoms with Crippen LogP contribution in [0.25, 0.3) is 0 Å². The van der Waals surface area contributed by atoms with Gasteiger partial charge in [-0.1, -0.05) is 6.92 Å². The first-order valence-electron chi connectivity index (χ1n) is 4.59. The highest BCUT2D eigenvalue weighted by atomic mass is 16.5. The van der Waals surface area contributed by atoms with E-state index in [2.05, 4.69) is 17.0 Å². The fraction of sp³-hybridized carbons (Fsp3) is 0.889. The van der Waals surface area contributed by atoms with Gasteiger partial charge >= 0.3 is 5.97 Å². The number of ether oxygens (including phenoxy) is 2. The zero-order valence-corrected chi connectivity index (χ0v) is 8.63. The smallest absolute Gasteiger partial charge is 0.322 e. The van der Waals surface area contributed by atoms with Gasteiger partial charge in [0.15, 0.2) is 0 Å². The number of methoxy groups -OCH3 is 1. The number of carbonyl (C=O) groups is 1. The van der Waals surface area contributed by atoms with Gasteiger partial charge in [-0.3, -0.25) is 4.79 Å². The minimum atomic E-state index is -0.248. The quantitative estimate of drug-likeness (QED) is 0.469. The van der Waals surface area contributed by atoms with Crippen LogP contribution in [0.5, 0.6) is 0 Å². The van der Waals surface area contributed by atoms with Crippen molar-refractivity contribution in [2.45, 2.75) is 25.8 Å². The maximum atomic E-state index is 11.1. The van der Waals surface area contributed by atoms with Gasteiger partial charge in [0.25, 0.3) is 0 Å². The van der Waals surface area contributed by atoms with E-state index in [1.54, 1.807) is 7.05 Å². The lowest BCUT2D eigenvalue weighted by atomic mass is 10.2. The Kier molecular flexibility index (Phi) is 7.63. The number of carbonyl (C=O) groups excluding carboxylic acids is 1. The van der Waals surface area contributed by atoms with Crippen molar-refractivity contribution in [2.75, 3.05) is 27.4 Å². The second-order valence-corrected chi connectivity index (χ2v) is 2.77. The summed E-state index contributed by atoms with van der Waals surface area (Å²) in [5.74, 6) is -0.234. The van der Waals surface area contributed by atoms with Gasteiger partial charge in [0.05, 0.1) is 7.11 Å². The predicted molar refractivity (Wildman–Crippen MR) is 50.6 cm³/mol. The Labute approximate surface area is 79.6 Å². The van der Waals surface area contributed by atoms with E-state index in [1.807, 2.05) is 0 Å². The average Bonchev–Trinajstić information content (AvgIpc) is 2.17. The molecule has 1 N–H and O–H groups in total. The highest BCUT2D eigenvalue weighted by Gasteiger charge is 2.15. The first-order valence-corrected chi connectivity index (χ1v) is 4.59. The molecular formula is C9H19NO3. The van der Waals surface area contributed by atoms with Gasteiger partial charge < -0.3 is 14.8 Å². The summed E-state index contributed by atoms with van der Waals surface area (Å²) in [5, 5.41) is 2.88. The van der Waals surface area contributed by atoms with E-state index in [-0.39, 0.29) is 12.0 Å². The average molecular weight is 189 g/mol. The molecule has 0 rings (SSSR count). The molecule has 0 bridgehead atoms. The Hall–Kier alpha value is -0.610. The van der Waals surface area contributed by atoms with Gasteiger partial charge in [0.1, 0.15) is 6.04 Å². The third kappa shape index (κ3) is 5.60. The Balaban J connectivity index is 3.53. The van der Waals surface area contributed by atoms with Crippen molar-refractivity contribution in [3.05, 3.63) is 0 Å². The molecule has 0 saturated heterocycles. The van der Waals surface area contributed by atoms with Crippen LogP contribution in [-0.4, -0.2) is 39.4 Å². The van der Waals surface area contributed by atoms with Gasteiger partial charge in [-0.25, -0.2) is 0 Å². The summed E-state index contributed by atoms with van der Waals surface area (Å²) in [5.41, 5.74) is 0. The molecular weight excluding hydrogens is 170 g/mol. The lowest BCUT2D eigenvalue weighted by Crippen LogP contribution is -2.36. The first kappa shape index (κ1) is 12.4. The standard InChI is InChI=1S/C9H19NO3/c1-4-6-13-7-5-8(10-2)9(11)12-3/h8,10H,4-7H2,1-3H3. The van der Waals surface area contributed by atoms with Crippen LogP contribution in [-0.2, 0) is 14.3 Å². The van der Waals surface area contributed by atoms with Crippen LogP contribution < -0.4 is 5.32 Å². The lowest BCUT2D eigenvalue weighted by Gasteiger charge is -2.12. The number of rotatable bonds is 7. The van der Waals surface area contributed by atoms with Crippen molar-refractivity contribution < 1.29 is 14.3 Å². The van der Waals surface area contributed by atoms with Gasteiger partial charge in [0.2, 0.25) is 0 Å². The van der Waals surface area contributed by atoms with Crippen molar-refractivity contribution in [1.82, 2.24) is 5.32 Å². The molecule has 0 aliphatic carbocycles. The van der Waals surface area contributed by atoms with E-state index in [1.165, 1.54) is 7.11 Å². The third-order valence-corrected chi connectivity index (χ3v) is 1.73. The summed E-state index contributed by atoms with van der Waals surface area (Å²) < 4.78 is 9.87. The molecule has 0 saturated carbocycles. The topological polar surface area (TPSA) is 47.6 Å². The molecule has 0 aliphatic heterocycles. The summed E-state index contributed by atoms with van der Waals surface area (Å²) in [6, 6.07) is -0.248. The van der Waals surface area contributed by atoms with E-state index in [9.17, 15) is 4.79 Å².